The molecule has 0 heterocycles. The van der Waals surface area contributed by atoms with Gasteiger partial charge in [-0.15, -0.1) is 0 Å². The molecule has 1 aliphatic rings. The summed E-state index contributed by atoms with van der Waals surface area (Å²) in [7, 11) is 0. The zero-order valence-electron chi connectivity index (χ0n) is 9.08. The summed E-state index contributed by atoms with van der Waals surface area (Å²) in [6.45, 7) is 3.99. The molecule has 0 bridgehead atoms. The molecule has 1 aliphatic carbocycles. The number of anilines is 1. The van der Waals surface area contributed by atoms with E-state index in [1.165, 1.54) is 0 Å². The molecule has 0 aliphatic heterocycles. The van der Waals surface area contributed by atoms with Crippen molar-refractivity contribution in [1.29, 1.82) is 0 Å². The van der Waals surface area contributed by atoms with Gasteiger partial charge in [0.25, 0.3) is 0 Å². The smallest absolute Gasteiger partial charge is 0.229 e. The van der Waals surface area contributed by atoms with E-state index < -0.39 is 0 Å². The van der Waals surface area contributed by atoms with Crippen LogP contribution in [-0.4, -0.2) is 11.9 Å². The third kappa shape index (κ3) is 2.02. The van der Waals surface area contributed by atoms with E-state index in [-0.39, 0.29) is 17.9 Å². The predicted octanol–water partition coefficient (Wildman–Crippen LogP) is 1.59. The van der Waals surface area contributed by atoms with E-state index in [1.807, 2.05) is 32.0 Å². The van der Waals surface area contributed by atoms with Gasteiger partial charge in [0.1, 0.15) is 0 Å². The van der Waals surface area contributed by atoms with Crippen LogP contribution < -0.4 is 11.1 Å². The third-order valence-corrected chi connectivity index (χ3v) is 2.91. The first-order valence-electron chi connectivity index (χ1n) is 5.22. The molecule has 1 aromatic rings. The van der Waals surface area contributed by atoms with Crippen molar-refractivity contribution in [3.8, 4) is 0 Å². The monoisotopic (exact) mass is 204 g/mol. The standard InChI is InChI=1S/C12H16N2O/c1-7-4-3-5-8(2)11(7)14-12(15)9-6-10(9)13/h3-5,9-10H,6,13H2,1-2H3,(H,14,15). The number of carbonyl (C=O) groups excluding carboxylic acids is 1. The van der Waals surface area contributed by atoms with Gasteiger partial charge in [0, 0.05) is 11.7 Å². The largest absolute Gasteiger partial charge is 0.327 e. The van der Waals surface area contributed by atoms with E-state index in [9.17, 15) is 4.79 Å². The Morgan fingerprint density at radius 3 is 2.40 bits per heavy atom. The Bertz CT molecular complexity index is 380. The summed E-state index contributed by atoms with van der Waals surface area (Å²) in [4.78, 5) is 11.7. The number of hydrogen-bond donors (Lipinski definition) is 2. The molecule has 0 saturated heterocycles. The lowest BCUT2D eigenvalue weighted by Crippen LogP contribution is -2.19. The van der Waals surface area contributed by atoms with Gasteiger partial charge in [-0.05, 0) is 31.4 Å². The number of nitrogens with one attached hydrogen (secondary N) is 1. The summed E-state index contributed by atoms with van der Waals surface area (Å²) in [5, 5.41) is 2.95. The van der Waals surface area contributed by atoms with Crippen LogP contribution in [0.5, 0.6) is 0 Å². The predicted molar refractivity (Wildman–Crippen MR) is 60.6 cm³/mol. The van der Waals surface area contributed by atoms with E-state index in [0.717, 1.165) is 23.2 Å². The van der Waals surface area contributed by atoms with E-state index in [4.69, 9.17) is 5.73 Å². The van der Waals surface area contributed by atoms with Crippen molar-refractivity contribution < 1.29 is 4.79 Å². The summed E-state index contributed by atoms with van der Waals surface area (Å²) in [6, 6.07) is 6.04. The van der Waals surface area contributed by atoms with Gasteiger partial charge in [-0.25, -0.2) is 0 Å². The third-order valence-electron chi connectivity index (χ3n) is 2.91. The second-order valence-electron chi connectivity index (χ2n) is 4.26. The molecule has 3 N–H and O–H groups in total. The Labute approximate surface area is 89.7 Å². The van der Waals surface area contributed by atoms with Crippen LogP contribution >= 0.6 is 0 Å². The maximum absolute atomic E-state index is 11.7. The van der Waals surface area contributed by atoms with Crippen LogP contribution in [0.2, 0.25) is 0 Å². The maximum atomic E-state index is 11.7. The molecule has 1 saturated carbocycles. The molecule has 1 aromatic carbocycles. The molecule has 3 nitrogen and oxygen atoms in total. The lowest BCUT2D eigenvalue weighted by atomic mass is 10.1. The van der Waals surface area contributed by atoms with Crippen LogP contribution in [0.15, 0.2) is 18.2 Å². The summed E-state index contributed by atoms with van der Waals surface area (Å²) in [6.07, 6.45) is 0.816. The number of para-hydroxylation sites is 1. The fourth-order valence-corrected chi connectivity index (χ4v) is 1.74. The molecule has 15 heavy (non-hydrogen) atoms. The van der Waals surface area contributed by atoms with Gasteiger partial charge < -0.3 is 11.1 Å². The molecule has 80 valence electrons. The molecular formula is C12H16N2O. The summed E-state index contributed by atoms with van der Waals surface area (Å²) >= 11 is 0. The Balaban J connectivity index is 2.13. The normalized spacial score (nSPS) is 23.7. The quantitative estimate of drug-likeness (QED) is 0.768. The minimum Gasteiger partial charge on any atom is -0.327 e. The highest BCUT2D eigenvalue weighted by Gasteiger charge is 2.40. The molecule has 0 aromatic heterocycles. The molecule has 3 heteroatoms. The first-order valence-corrected chi connectivity index (χ1v) is 5.22. The maximum Gasteiger partial charge on any atom is 0.229 e. The van der Waals surface area contributed by atoms with Crippen LogP contribution in [0.3, 0.4) is 0 Å². The second-order valence-corrected chi connectivity index (χ2v) is 4.26. The minimum atomic E-state index is 0.0176. The molecule has 2 unspecified atom stereocenters. The average Bonchev–Trinajstić information content (AvgIpc) is 2.89. The number of nitrogens with two attached hydrogens (primary N) is 1. The minimum absolute atomic E-state index is 0.0176. The van der Waals surface area contributed by atoms with Crippen LogP contribution in [0, 0.1) is 19.8 Å². The van der Waals surface area contributed by atoms with Gasteiger partial charge in [-0.1, -0.05) is 18.2 Å². The van der Waals surface area contributed by atoms with Crippen LogP contribution in [0.1, 0.15) is 17.5 Å². The van der Waals surface area contributed by atoms with E-state index in [2.05, 4.69) is 5.32 Å². The van der Waals surface area contributed by atoms with E-state index in [0.29, 0.717) is 0 Å². The first-order chi connectivity index (χ1) is 7.09. The molecule has 2 atom stereocenters. The fourth-order valence-electron chi connectivity index (χ4n) is 1.74. The SMILES string of the molecule is Cc1cccc(C)c1NC(=O)C1CC1N. The Kier molecular flexibility index (Phi) is 2.49. The zero-order valence-corrected chi connectivity index (χ0v) is 9.08. The van der Waals surface area contributed by atoms with Crippen molar-refractivity contribution in [2.24, 2.45) is 11.7 Å². The highest BCUT2D eigenvalue weighted by molar-refractivity contribution is 5.96. The van der Waals surface area contributed by atoms with Crippen molar-refractivity contribution in [2.45, 2.75) is 26.3 Å². The topological polar surface area (TPSA) is 55.1 Å². The summed E-state index contributed by atoms with van der Waals surface area (Å²) < 4.78 is 0. The zero-order chi connectivity index (χ0) is 11.0. The highest BCUT2D eigenvalue weighted by Crippen LogP contribution is 2.30. The van der Waals surface area contributed by atoms with E-state index >= 15 is 0 Å². The second kappa shape index (κ2) is 3.66. The van der Waals surface area contributed by atoms with E-state index in [1.54, 1.807) is 0 Å². The molecular weight excluding hydrogens is 188 g/mol. The summed E-state index contributed by atoms with van der Waals surface area (Å²) in [5.74, 6) is 0.0731. The van der Waals surface area contributed by atoms with Crippen LogP contribution in [-0.2, 0) is 4.79 Å². The van der Waals surface area contributed by atoms with Gasteiger partial charge in [-0.2, -0.15) is 0 Å². The van der Waals surface area contributed by atoms with Gasteiger partial charge in [-0.3, -0.25) is 4.79 Å². The first kappa shape index (κ1) is 10.2. The van der Waals surface area contributed by atoms with Gasteiger partial charge in [0.05, 0.1) is 5.92 Å². The number of aryl methyl sites for hydroxylation is 2. The van der Waals surface area contributed by atoms with Crippen LogP contribution in [0.25, 0.3) is 0 Å². The van der Waals surface area contributed by atoms with Gasteiger partial charge in [0.2, 0.25) is 5.91 Å². The van der Waals surface area contributed by atoms with Crippen molar-refractivity contribution >= 4 is 11.6 Å². The van der Waals surface area contributed by atoms with Gasteiger partial charge >= 0.3 is 0 Å². The summed E-state index contributed by atoms with van der Waals surface area (Å²) in [5.41, 5.74) is 8.76. The van der Waals surface area contributed by atoms with Crippen molar-refractivity contribution in [1.82, 2.24) is 0 Å². The Morgan fingerprint density at radius 1 is 1.40 bits per heavy atom. The van der Waals surface area contributed by atoms with Crippen molar-refractivity contribution in [3.63, 3.8) is 0 Å². The Morgan fingerprint density at radius 2 is 1.93 bits per heavy atom. The number of amides is 1. The van der Waals surface area contributed by atoms with Crippen molar-refractivity contribution in [2.75, 3.05) is 5.32 Å². The number of benzene rings is 1. The lowest BCUT2D eigenvalue weighted by molar-refractivity contribution is -0.117. The lowest BCUT2D eigenvalue weighted by Gasteiger charge is -2.10. The Hall–Kier alpha value is -1.35. The highest BCUT2D eigenvalue weighted by atomic mass is 16.2. The number of carbonyl (C=O) groups is 1. The molecule has 0 radical (unpaired) electrons. The van der Waals surface area contributed by atoms with Gasteiger partial charge in [0.15, 0.2) is 0 Å². The molecule has 1 amide bonds. The number of hydrogen-bond acceptors (Lipinski definition) is 2. The number of rotatable bonds is 2. The fraction of sp³-hybridized carbons (Fsp3) is 0.417. The van der Waals surface area contributed by atoms with Crippen molar-refractivity contribution in [3.05, 3.63) is 29.3 Å². The molecule has 1 fully saturated rings. The molecule has 2 rings (SSSR count). The molecule has 0 spiro atoms. The average molecular weight is 204 g/mol. The van der Waals surface area contributed by atoms with Crippen LogP contribution in [0.4, 0.5) is 5.69 Å².